The van der Waals surface area contributed by atoms with E-state index in [2.05, 4.69) is 15.1 Å². The summed E-state index contributed by atoms with van der Waals surface area (Å²) < 4.78 is 11.1. The van der Waals surface area contributed by atoms with Crippen molar-refractivity contribution in [3.63, 3.8) is 0 Å². The van der Waals surface area contributed by atoms with E-state index in [-0.39, 0.29) is 25.0 Å². The van der Waals surface area contributed by atoms with E-state index in [1.54, 1.807) is 30.6 Å². The molecule has 1 aromatic carbocycles. The maximum atomic E-state index is 10.7. The van der Waals surface area contributed by atoms with Crippen LogP contribution in [0.1, 0.15) is 51.2 Å². The summed E-state index contributed by atoms with van der Waals surface area (Å²) in [6.45, 7) is 5.67. The van der Waals surface area contributed by atoms with Gasteiger partial charge < -0.3 is 25.2 Å². The molecule has 2 atom stereocenters. The van der Waals surface area contributed by atoms with Crippen LogP contribution in [0, 0.1) is 0 Å². The fourth-order valence-corrected chi connectivity index (χ4v) is 2.57. The lowest BCUT2D eigenvalue weighted by atomic mass is 10.0. The number of benzene rings is 1. The van der Waals surface area contributed by atoms with Crippen molar-refractivity contribution in [1.29, 1.82) is 0 Å². The van der Waals surface area contributed by atoms with Gasteiger partial charge in [0.1, 0.15) is 5.75 Å². The number of aliphatic hydroxyl groups excluding tert-OH is 1. The fraction of sp³-hybridized carbons (Fsp3) is 0.429. The number of carboxylic acids is 1. The van der Waals surface area contributed by atoms with Gasteiger partial charge in [0, 0.05) is 35.8 Å². The van der Waals surface area contributed by atoms with Gasteiger partial charge in [-0.2, -0.15) is 0 Å². The van der Waals surface area contributed by atoms with Crippen molar-refractivity contribution in [3.8, 4) is 5.75 Å². The van der Waals surface area contributed by atoms with E-state index in [1.165, 1.54) is 0 Å². The summed E-state index contributed by atoms with van der Waals surface area (Å²) in [4.78, 5) is 19.0. The summed E-state index contributed by atoms with van der Waals surface area (Å²) in [7, 11) is 0. The molecule has 0 fully saturated rings. The van der Waals surface area contributed by atoms with Gasteiger partial charge in [0.2, 0.25) is 0 Å². The molecule has 1 unspecified atom stereocenters. The number of hydrogen-bond donors (Lipinski definition) is 3. The molecule has 3 rings (SSSR count). The Kier molecular flexibility index (Phi) is 8.73. The van der Waals surface area contributed by atoms with E-state index < -0.39 is 12.1 Å². The number of ether oxygens (including phenoxy) is 1. The number of rotatable bonds is 8. The molecule has 10 heteroatoms. The highest BCUT2D eigenvalue weighted by Crippen LogP contribution is 2.34. The van der Waals surface area contributed by atoms with Crippen LogP contribution in [0.15, 0.2) is 35.1 Å². The van der Waals surface area contributed by atoms with Crippen molar-refractivity contribution in [2.24, 2.45) is 5.73 Å². The zero-order valence-electron chi connectivity index (χ0n) is 17.7. The highest BCUT2D eigenvalue weighted by atomic mass is 35.5. The van der Waals surface area contributed by atoms with Crippen molar-refractivity contribution >= 4 is 28.5 Å². The smallest absolute Gasteiger partial charge is 0.303 e. The van der Waals surface area contributed by atoms with Gasteiger partial charge >= 0.3 is 5.97 Å². The zero-order chi connectivity index (χ0) is 23.0. The molecule has 0 aliphatic rings. The summed E-state index contributed by atoms with van der Waals surface area (Å²) in [6, 6.07) is 5.02. The summed E-state index contributed by atoms with van der Waals surface area (Å²) in [6.07, 6.45) is 3.95. The normalized spacial score (nSPS) is 13.7. The zero-order valence-corrected chi connectivity index (χ0v) is 18.5. The van der Waals surface area contributed by atoms with Crippen LogP contribution in [0.25, 0.3) is 11.0 Å². The molecule has 9 nitrogen and oxygen atoms in total. The van der Waals surface area contributed by atoms with Crippen molar-refractivity contribution in [2.45, 2.75) is 51.7 Å². The summed E-state index contributed by atoms with van der Waals surface area (Å²) >= 11 is 6.27. The van der Waals surface area contributed by atoms with Gasteiger partial charge in [0.05, 0.1) is 23.7 Å². The minimum atomic E-state index is -0.895. The summed E-state index contributed by atoms with van der Waals surface area (Å²) in [5.74, 6) is 0.0623. The van der Waals surface area contributed by atoms with Crippen LogP contribution >= 0.6 is 11.6 Å². The maximum absolute atomic E-state index is 10.7. The molecule has 0 bridgehead atoms. The van der Waals surface area contributed by atoms with Gasteiger partial charge in [0.25, 0.3) is 0 Å². The second-order valence-electron chi connectivity index (χ2n) is 7.33. The lowest BCUT2D eigenvalue weighted by Crippen LogP contribution is -2.38. The van der Waals surface area contributed by atoms with Crippen LogP contribution < -0.4 is 10.5 Å². The molecule has 168 valence electrons. The predicted molar refractivity (Wildman–Crippen MR) is 116 cm³/mol. The third-order valence-corrected chi connectivity index (χ3v) is 4.89. The Morgan fingerprint density at radius 2 is 2.03 bits per heavy atom. The number of aryl methyl sites for hydroxylation is 1. The summed E-state index contributed by atoms with van der Waals surface area (Å²) in [5, 5.41) is 22.2. The van der Waals surface area contributed by atoms with Gasteiger partial charge in [0.15, 0.2) is 17.5 Å². The molecule has 31 heavy (non-hydrogen) atoms. The van der Waals surface area contributed by atoms with E-state index in [0.29, 0.717) is 33.3 Å². The maximum Gasteiger partial charge on any atom is 0.303 e. The number of aromatic nitrogens is 3. The molecule has 2 aromatic heterocycles. The Morgan fingerprint density at radius 1 is 1.35 bits per heavy atom. The first kappa shape index (κ1) is 24.5. The van der Waals surface area contributed by atoms with Gasteiger partial charge in [-0.25, -0.2) is 9.97 Å². The van der Waals surface area contributed by atoms with Crippen LogP contribution in [0.4, 0.5) is 0 Å². The molecule has 4 N–H and O–H groups in total. The number of hydrogen-bond acceptors (Lipinski definition) is 8. The first-order chi connectivity index (χ1) is 14.7. The number of aliphatic hydroxyl groups is 1. The minimum Gasteiger partial charge on any atom is -0.481 e. The van der Waals surface area contributed by atoms with Crippen LogP contribution in [-0.4, -0.2) is 43.5 Å². The Morgan fingerprint density at radius 3 is 2.58 bits per heavy atom. The first-order valence-electron chi connectivity index (χ1n) is 9.79. The molecule has 0 saturated heterocycles. The Bertz CT molecular complexity index is 988. The van der Waals surface area contributed by atoms with Crippen molar-refractivity contribution in [2.75, 3.05) is 6.61 Å². The number of nitrogens with zero attached hydrogens (tertiary/aromatic N) is 3. The van der Waals surface area contributed by atoms with Crippen LogP contribution in [0.3, 0.4) is 0 Å². The van der Waals surface area contributed by atoms with Crippen LogP contribution in [0.5, 0.6) is 5.75 Å². The molecular formula is C21H27ClN4O5. The van der Waals surface area contributed by atoms with Gasteiger partial charge in [-0.1, -0.05) is 23.7 Å². The second-order valence-corrected chi connectivity index (χ2v) is 7.74. The Labute approximate surface area is 185 Å². The molecule has 0 aliphatic heterocycles. The van der Waals surface area contributed by atoms with Crippen molar-refractivity contribution < 1.29 is 24.3 Å². The second kappa shape index (κ2) is 11.0. The Hall–Kier alpha value is -2.75. The third kappa shape index (κ3) is 7.16. The van der Waals surface area contributed by atoms with E-state index in [1.807, 2.05) is 20.8 Å². The lowest BCUT2D eigenvalue weighted by molar-refractivity contribution is -0.136. The number of aliphatic carboxylic acids is 1. The minimum absolute atomic E-state index is 0.0279. The van der Waals surface area contributed by atoms with Crippen molar-refractivity contribution in [3.05, 3.63) is 47.1 Å². The largest absolute Gasteiger partial charge is 0.481 e. The molecule has 0 aliphatic carbocycles. The van der Waals surface area contributed by atoms with Gasteiger partial charge in [-0.15, -0.1) is 0 Å². The summed E-state index contributed by atoms with van der Waals surface area (Å²) in [5.41, 5.74) is 6.14. The average Bonchev–Trinajstić information content (AvgIpc) is 3.15. The number of carbonyl (C=O) groups is 1. The van der Waals surface area contributed by atoms with E-state index in [4.69, 9.17) is 36.8 Å². The van der Waals surface area contributed by atoms with Crippen molar-refractivity contribution in [1.82, 2.24) is 15.1 Å². The molecule has 2 heterocycles. The highest BCUT2D eigenvalue weighted by molar-refractivity contribution is 6.32. The van der Waals surface area contributed by atoms with E-state index in [0.717, 1.165) is 6.42 Å². The SMILES string of the molecule is CCC(C)(N)CO.C[C@H](Oc1cc2onc(CCC(=O)O)c2cc1Cl)c1ncccn1. The topological polar surface area (TPSA) is 145 Å². The van der Waals surface area contributed by atoms with Crippen LogP contribution in [0.2, 0.25) is 5.02 Å². The molecular weight excluding hydrogens is 424 g/mol. The fourth-order valence-electron chi connectivity index (χ4n) is 2.36. The third-order valence-electron chi connectivity index (χ3n) is 4.60. The number of fused-ring (bicyclic) bond motifs is 1. The number of halogens is 1. The molecule has 0 spiro atoms. The van der Waals surface area contributed by atoms with E-state index in [9.17, 15) is 4.79 Å². The van der Waals surface area contributed by atoms with Gasteiger partial charge in [-0.05, 0) is 32.4 Å². The molecule has 0 amide bonds. The molecule has 3 aromatic rings. The standard InChI is InChI=1S/C16H14ClN3O4.C5H13NO/c1-9(16-18-5-2-6-19-16)23-14-8-13-10(7-11(14)17)12(20-24-13)3-4-15(21)22;1-3-5(2,6)4-7/h2,5-9H,3-4H2,1H3,(H,21,22);7H,3-4,6H2,1-2H3/t9-;/m0./s1. The predicted octanol–water partition coefficient (Wildman–Crippen LogP) is 3.53. The first-order valence-corrected chi connectivity index (χ1v) is 10.2. The van der Waals surface area contributed by atoms with E-state index >= 15 is 0 Å². The van der Waals surface area contributed by atoms with Gasteiger partial charge in [-0.3, -0.25) is 4.79 Å². The quantitative estimate of drug-likeness (QED) is 0.469. The molecule has 0 radical (unpaired) electrons. The number of carboxylic acid groups (broad SMARTS) is 1. The Balaban J connectivity index is 0.000000423. The monoisotopic (exact) mass is 450 g/mol. The lowest BCUT2D eigenvalue weighted by Gasteiger charge is -2.17. The average molecular weight is 451 g/mol. The van der Waals surface area contributed by atoms with Crippen LogP contribution in [-0.2, 0) is 11.2 Å². The highest BCUT2D eigenvalue weighted by Gasteiger charge is 2.17. The molecule has 0 saturated carbocycles. The number of nitrogens with two attached hydrogens (primary N) is 1.